The number of esters is 1. The van der Waals surface area contributed by atoms with Gasteiger partial charge in [0, 0.05) is 47.9 Å². The van der Waals surface area contributed by atoms with Crippen molar-refractivity contribution in [2.75, 3.05) is 19.6 Å². The summed E-state index contributed by atoms with van der Waals surface area (Å²) in [6.07, 6.45) is 5.61. The quantitative estimate of drug-likeness (QED) is 0.535. The van der Waals surface area contributed by atoms with E-state index in [9.17, 15) is 14.7 Å². The van der Waals surface area contributed by atoms with Gasteiger partial charge in [-0.15, -0.1) is 0 Å². The van der Waals surface area contributed by atoms with Crippen LogP contribution in [-0.4, -0.2) is 47.5 Å². The van der Waals surface area contributed by atoms with Crippen LogP contribution in [0.15, 0.2) is 34.6 Å². The Bertz CT molecular complexity index is 1030. The van der Waals surface area contributed by atoms with Crippen LogP contribution in [0.25, 0.3) is 0 Å². The summed E-state index contributed by atoms with van der Waals surface area (Å²) in [6.45, 7) is 7.88. The molecule has 5 aliphatic rings. The van der Waals surface area contributed by atoms with Crippen molar-refractivity contribution >= 4 is 5.97 Å². The smallest absolute Gasteiger partial charge is 0.315 e. The molecule has 1 aromatic heterocycles. The zero-order chi connectivity index (χ0) is 22.2. The van der Waals surface area contributed by atoms with Gasteiger partial charge >= 0.3 is 5.97 Å². The molecule has 1 aromatic rings. The van der Waals surface area contributed by atoms with Gasteiger partial charge in [-0.05, 0) is 31.2 Å². The van der Waals surface area contributed by atoms with Crippen LogP contribution in [0.4, 0.5) is 0 Å². The number of quaternary nitrogens is 1. The molecular weight excluding hydrogens is 404 g/mol. The summed E-state index contributed by atoms with van der Waals surface area (Å²) in [7, 11) is 0. The van der Waals surface area contributed by atoms with Gasteiger partial charge in [-0.2, -0.15) is 0 Å². The van der Waals surface area contributed by atoms with Crippen LogP contribution in [0.1, 0.15) is 51.1 Å². The number of carbonyl (C=O) groups excluding carboxylic acids is 1. The molecule has 3 aliphatic heterocycles. The minimum atomic E-state index is -0.540. The third-order valence-corrected chi connectivity index (χ3v) is 9.75. The Morgan fingerprint density at radius 2 is 2.12 bits per heavy atom. The molecule has 1 saturated carbocycles. The fourth-order valence-electron chi connectivity index (χ4n) is 7.89. The van der Waals surface area contributed by atoms with Gasteiger partial charge in [0.15, 0.2) is 0 Å². The second kappa shape index (κ2) is 7.29. The van der Waals surface area contributed by atoms with Gasteiger partial charge in [-0.3, -0.25) is 9.59 Å². The predicted molar refractivity (Wildman–Crippen MR) is 119 cm³/mol. The predicted octanol–water partition coefficient (Wildman–Crippen LogP) is 1.14. The first-order valence-electron chi connectivity index (χ1n) is 12.5. The highest BCUT2D eigenvalue weighted by atomic mass is 16.6. The van der Waals surface area contributed by atoms with E-state index in [0.717, 1.165) is 57.6 Å². The number of aliphatic hydroxyl groups excluding tert-OH is 1. The number of ether oxygens (including phenoxy) is 1. The lowest BCUT2D eigenvalue weighted by atomic mass is 9.55. The molecule has 172 valence electrons. The number of nitrogens with zero attached hydrogens (tertiary/aromatic N) is 1. The maximum atomic E-state index is 13.0. The topological polar surface area (TPSA) is 73.0 Å². The number of pyridine rings is 1. The van der Waals surface area contributed by atoms with Crippen LogP contribution in [0, 0.1) is 29.1 Å². The first-order chi connectivity index (χ1) is 15.4. The van der Waals surface area contributed by atoms with Crippen LogP contribution < -0.4 is 10.5 Å². The number of aromatic nitrogens is 1. The molecule has 0 amide bonds. The molecule has 9 atom stereocenters. The zero-order valence-electron chi connectivity index (χ0n) is 19.1. The fraction of sp³-hybridized carbons (Fsp3) is 0.692. The van der Waals surface area contributed by atoms with E-state index in [-0.39, 0.29) is 34.9 Å². The van der Waals surface area contributed by atoms with E-state index in [0.29, 0.717) is 17.8 Å². The Hall–Kier alpha value is -1.92. The van der Waals surface area contributed by atoms with E-state index in [1.807, 2.05) is 10.6 Å². The molecule has 3 fully saturated rings. The highest BCUT2D eigenvalue weighted by molar-refractivity contribution is 5.76. The van der Waals surface area contributed by atoms with Gasteiger partial charge in [0.1, 0.15) is 12.0 Å². The largest absolute Gasteiger partial charge is 0.461 e. The number of hydrogen-bond acceptors (Lipinski definition) is 4. The normalized spacial score (nSPS) is 44.7. The van der Waals surface area contributed by atoms with E-state index in [1.165, 1.54) is 10.5 Å². The summed E-state index contributed by atoms with van der Waals surface area (Å²) >= 11 is 0. The number of likely N-dealkylation sites (tertiary alicyclic amines) is 1. The van der Waals surface area contributed by atoms with Crippen molar-refractivity contribution in [2.45, 2.75) is 64.2 Å². The number of aliphatic hydroxyl groups is 1. The van der Waals surface area contributed by atoms with E-state index >= 15 is 0 Å². The highest BCUT2D eigenvalue weighted by Crippen LogP contribution is 2.55. The Balaban J connectivity index is 1.25. The standard InChI is InChI=1S/C26H34N2O4/c1-15-5-3-6-18-10-21-23(24(30)26(15,18)2)19(25(31)32-21)14-27-11-16-9-17(13-27)20-7-4-8-22(29)28(20)12-16/h4,6-8,15-17,19,21,23-24,30H,3,5,9-14H2,1-2H3/p+1/t15-,16+,17-,19-,21+,23+,24-,26+/m1/s1. The van der Waals surface area contributed by atoms with Crippen LogP contribution in [0.2, 0.25) is 0 Å². The molecule has 6 heteroatoms. The lowest BCUT2D eigenvalue weighted by Gasteiger charge is -2.52. The second-order valence-corrected chi connectivity index (χ2v) is 11.4. The van der Waals surface area contributed by atoms with Crippen molar-refractivity contribution in [3.63, 3.8) is 0 Å². The summed E-state index contributed by atoms with van der Waals surface area (Å²) in [5, 5.41) is 11.6. The van der Waals surface area contributed by atoms with Crippen molar-refractivity contribution in [1.29, 1.82) is 0 Å². The van der Waals surface area contributed by atoms with Crippen LogP contribution in [-0.2, 0) is 16.1 Å². The summed E-state index contributed by atoms with van der Waals surface area (Å²) in [5.74, 6) is 0.761. The molecule has 2 saturated heterocycles. The maximum Gasteiger partial charge on any atom is 0.315 e. The third kappa shape index (κ3) is 2.91. The summed E-state index contributed by atoms with van der Waals surface area (Å²) in [6, 6.07) is 5.62. The van der Waals surface area contributed by atoms with Gasteiger partial charge < -0.3 is 19.3 Å². The molecule has 2 N–H and O–H groups in total. The fourth-order valence-corrected chi connectivity index (χ4v) is 7.89. The van der Waals surface area contributed by atoms with E-state index in [1.54, 1.807) is 6.07 Å². The molecule has 0 radical (unpaired) electrons. The zero-order valence-corrected chi connectivity index (χ0v) is 19.1. The van der Waals surface area contributed by atoms with E-state index in [4.69, 9.17) is 4.74 Å². The summed E-state index contributed by atoms with van der Waals surface area (Å²) in [5.41, 5.74) is 2.29. The molecule has 32 heavy (non-hydrogen) atoms. The monoisotopic (exact) mass is 439 g/mol. The number of hydrogen-bond donors (Lipinski definition) is 2. The molecule has 2 aliphatic carbocycles. The van der Waals surface area contributed by atoms with Gasteiger partial charge in [0.05, 0.1) is 25.7 Å². The SMILES string of the molecule is C[C@@H]1CCC=C2C[C@@H]3OC(=O)[C@H](C[NH+]4C[C@@H]5C[C@H](C4)c4cccc(=O)n4C5)[C@@H]3[C@@H](O)[C@]21C. The Morgan fingerprint density at radius 1 is 1.28 bits per heavy atom. The number of nitrogens with one attached hydrogen (secondary N) is 1. The molecule has 6 rings (SSSR count). The van der Waals surface area contributed by atoms with Crippen molar-refractivity contribution in [2.24, 2.45) is 29.1 Å². The first kappa shape index (κ1) is 20.7. The highest BCUT2D eigenvalue weighted by Gasteiger charge is 2.60. The molecule has 1 unspecified atom stereocenters. The van der Waals surface area contributed by atoms with E-state index < -0.39 is 6.10 Å². The second-order valence-electron chi connectivity index (χ2n) is 11.4. The van der Waals surface area contributed by atoms with Gasteiger partial charge in [0.2, 0.25) is 0 Å². The molecule has 2 bridgehead atoms. The van der Waals surface area contributed by atoms with Gasteiger partial charge in [-0.1, -0.05) is 31.6 Å². The summed E-state index contributed by atoms with van der Waals surface area (Å²) in [4.78, 5) is 26.8. The molecular formula is C26H35N2O4+. The number of piperidine rings is 1. The van der Waals surface area contributed by atoms with E-state index in [2.05, 4.69) is 26.0 Å². The lowest BCUT2D eigenvalue weighted by molar-refractivity contribution is -0.913. The van der Waals surface area contributed by atoms with Crippen molar-refractivity contribution in [3.8, 4) is 0 Å². The van der Waals surface area contributed by atoms with Crippen molar-refractivity contribution in [3.05, 3.63) is 45.9 Å². The minimum absolute atomic E-state index is 0.104. The number of fused-ring (bicyclic) bond motifs is 6. The lowest BCUT2D eigenvalue weighted by Crippen LogP contribution is -3.15. The van der Waals surface area contributed by atoms with Gasteiger partial charge in [-0.25, -0.2) is 0 Å². The number of rotatable bonds is 2. The number of allylic oxidation sites excluding steroid dienone is 1. The Kier molecular flexibility index (Phi) is 4.71. The third-order valence-electron chi connectivity index (χ3n) is 9.75. The van der Waals surface area contributed by atoms with Crippen LogP contribution in [0.5, 0.6) is 0 Å². The van der Waals surface area contributed by atoms with Crippen LogP contribution in [0.3, 0.4) is 0 Å². The first-order valence-corrected chi connectivity index (χ1v) is 12.5. The Morgan fingerprint density at radius 3 is 2.97 bits per heavy atom. The van der Waals surface area contributed by atoms with Gasteiger partial charge in [0.25, 0.3) is 5.56 Å². The molecule has 0 spiro atoms. The number of carbonyl (C=O) groups is 1. The van der Waals surface area contributed by atoms with Crippen LogP contribution >= 0.6 is 0 Å². The van der Waals surface area contributed by atoms with Crippen molar-refractivity contribution in [1.82, 2.24) is 4.57 Å². The van der Waals surface area contributed by atoms with Crippen molar-refractivity contribution < 1.29 is 19.5 Å². The molecule has 6 nitrogen and oxygen atoms in total. The molecule has 0 aromatic carbocycles. The average molecular weight is 440 g/mol. The average Bonchev–Trinajstić information content (AvgIpc) is 3.06. The summed E-state index contributed by atoms with van der Waals surface area (Å²) < 4.78 is 7.84. The maximum absolute atomic E-state index is 13.0. The molecule has 4 heterocycles. The Labute approximate surface area is 189 Å². The minimum Gasteiger partial charge on any atom is -0.461 e.